The second kappa shape index (κ2) is 9.93. The van der Waals surface area contributed by atoms with E-state index in [0.717, 1.165) is 36.6 Å². The predicted molar refractivity (Wildman–Crippen MR) is 138 cm³/mol. The van der Waals surface area contributed by atoms with E-state index in [2.05, 4.69) is 30.8 Å². The summed E-state index contributed by atoms with van der Waals surface area (Å²) in [5.74, 6) is 0.333. The average Bonchev–Trinajstić information content (AvgIpc) is 3.53. The number of H-pyrrole nitrogens is 1. The molecular formula is C27H31FN6O3. The molecule has 0 atom stereocenters. The van der Waals surface area contributed by atoms with Gasteiger partial charge in [-0.05, 0) is 48.9 Å². The number of aliphatic hydroxyl groups is 1. The highest BCUT2D eigenvalue weighted by atomic mass is 19.1. The zero-order chi connectivity index (χ0) is 26.2. The summed E-state index contributed by atoms with van der Waals surface area (Å²) in [6.07, 6.45) is 6.01. The number of fused-ring (bicyclic) bond motifs is 1. The highest BCUT2D eigenvalue weighted by Crippen LogP contribution is 2.34. The van der Waals surface area contributed by atoms with Crippen LogP contribution in [0.3, 0.4) is 0 Å². The minimum absolute atomic E-state index is 0.00824. The maximum absolute atomic E-state index is 15.1. The van der Waals surface area contributed by atoms with Crippen molar-refractivity contribution < 1.29 is 18.7 Å². The van der Waals surface area contributed by atoms with Gasteiger partial charge in [-0.25, -0.2) is 14.4 Å². The SMILES string of the molecule is CC(C)(C)c1ncc(C(=O)NCc2ccc(-c3ccnc4[nH]nc(NC5CCC(O)CC5)c34)cc2F)o1. The van der Waals surface area contributed by atoms with Crippen LogP contribution in [0.5, 0.6) is 0 Å². The molecule has 4 N–H and O–H groups in total. The Morgan fingerprint density at radius 2 is 1.97 bits per heavy atom. The van der Waals surface area contributed by atoms with Crippen LogP contribution in [0.1, 0.15) is 68.5 Å². The first-order valence-corrected chi connectivity index (χ1v) is 12.5. The number of carbonyl (C=O) groups is 1. The maximum atomic E-state index is 15.1. The quantitative estimate of drug-likeness (QED) is 0.298. The topological polar surface area (TPSA) is 129 Å². The van der Waals surface area contributed by atoms with E-state index in [4.69, 9.17) is 4.42 Å². The van der Waals surface area contributed by atoms with E-state index >= 15 is 4.39 Å². The molecule has 4 aromatic rings. The molecule has 0 aliphatic heterocycles. The number of hydrogen-bond acceptors (Lipinski definition) is 7. The van der Waals surface area contributed by atoms with Gasteiger partial charge in [0.05, 0.1) is 17.7 Å². The molecule has 37 heavy (non-hydrogen) atoms. The van der Waals surface area contributed by atoms with Crippen molar-refractivity contribution in [3.8, 4) is 11.1 Å². The van der Waals surface area contributed by atoms with Gasteiger partial charge in [-0.2, -0.15) is 5.10 Å². The second-order valence-electron chi connectivity index (χ2n) is 10.6. The molecule has 9 nitrogen and oxygen atoms in total. The van der Waals surface area contributed by atoms with Gasteiger partial charge in [0.2, 0.25) is 11.7 Å². The van der Waals surface area contributed by atoms with Crippen LogP contribution in [0.25, 0.3) is 22.2 Å². The summed E-state index contributed by atoms with van der Waals surface area (Å²) in [6, 6.07) is 6.97. The number of amides is 1. The lowest BCUT2D eigenvalue weighted by atomic mass is 9.93. The lowest BCUT2D eigenvalue weighted by molar-refractivity contribution is 0.0919. The lowest BCUT2D eigenvalue weighted by Gasteiger charge is -2.26. The van der Waals surface area contributed by atoms with Gasteiger partial charge in [0.15, 0.2) is 11.5 Å². The molecule has 0 saturated heterocycles. The smallest absolute Gasteiger partial charge is 0.288 e. The Balaban J connectivity index is 1.33. The molecule has 10 heteroatoms. The standard InChI is InChI=1S/C27H31FN6O3/c1-27(2,3)26-31-14-21(37-26)25(36)30-13-16-5-4-15(12-20(16)28)19-10-11-29-23-22(19)24(34-33-23)32-17-6-8-18(35)9-7-17/h4-5,10-12,14,17-18,35H,6-9,13H2,1-3H3,(H,30,36)(H2,29,32,33,34). The fourth-order valence-electron chi connectivity index (χ4n) is 4.56. The van der Waals surface area contributed by atoms with Gasteiger partial charge in [-0.15, -0.1) is 0 Å². The summed E-state index contributed by atoms with van der Waals surface area (Å²) in [5, 5.41) is 24.1. The Kier molecular flexibility index (Phi) is 6.68. The number of pyridine rings is 1. The number of aromatic amines is 1. The number of aliphatic hydroxyl groups excluding tert-OH is 1. The van der Waals surface area contributed by atoms with Gasteiger partial charge < -0.3 is 20.2 Å². The van der Waals surface area contributed by atoms with Gasteiger partial charge in [0, 0.05) is 29.8 Å². The van der Waals surface area contributed by atoms with E-state index in [9.17, 15) is 9.90 Å². The summed E-state index contributed by atoms with van der Waals surface area (Å²) in [7, 11) is 0. The molecule has 1 amide bonds. The highest BCUT2D eigenvalue weighted by molar-refractivity contribution is 6.00. The molecule has 5 rings (SSSR count). The van der Waals surface area contributed by atoms with Crippen molar-refractivity contribution >= 4 is 22.8 Å². The number of carbonyl (C=O) groups excluding carboxylic acids is 1. The van der Waals surface area contributed by atoms with Crippen molar-refractivity contribution in [3.63, 3.8) is 0 Å². The lowest BCUT2D eigenvalue weighted by Crippen LogP contribution is -2.28. The number of hydrogen-bond donors (Lipinski definition) is 4. The van der Waals surface area contributed by atoms with Crippen LogP contribution in [0, 0.1) is 5.82 Å². The number of benzene rings is 1. The first-order chi connectivity index (χ1) is 17.7. The van der Waals surface area contributed by atoms with Crippen molar-refractivity contribution in [2.75, 3.05) is 5.32 Å². The maximum Gasteiger partial charge on any atom is 0.288 e. The van der Waals surface area contributed by atoms with E-state index in [1.807, 2.05) is 32.9 Å². The predicted octanol–water partition coefficient (Wildman–Crippen LogP) is 4.69. The van der Waals surface area contributed by atoms with Crippen molar-refractivity contribution in [2.45, 2.75) is 70.6 Å². The van der Waals surface area contributed by atoms with Crippen molar-refractivity contribution in [1.82, 2.24) is 25.5 Å². The molecule has 1 aliphatic rings. The fraction of sp³-hybridized carbons (Fsp3) is 0.407. The third-order valence-electron chi connectivity index (χ3n) is 6.67. The number of halogens is 1. The number of aromatic nitrogens is 4. The molecule has 1 aromatic carbocycles. The Morgan fingerprint density at radius 3 is 2.68 bits per heavy atom. The van der Waals surface area contributed by atoms with Crippen LogP contribution < -0.4 is 10.6 Å². The molecule has 0 unspecified atom stereocenters. The van der Waals surface area contributed by atoms with Crippen LogP contribution in [-0.4, -0.2) is 43.3 Å². The normalized spacial score (nSPS) is 18.2. The van der Waals surface area contributed by atoms with Crippen molar-refractivity contribution in [2.24, 2.45) is 0 Å². The first-order valence-electron chi connectivity index (χ1n) is 12.5. The molecule has 1 aliphatic carbocycles. The van der Waals surface area contributed by atoms with Crippen LogP contribution in [0.15, 0.2) is 41.1 Å². The molecule has 0 bridgehead atoms. The van der Waals surface area contributed by atoms with E-state index in [0.29, 0.717) is 28.5 Å². The number of rotatable bonds is 6. The molecule has 3 aromatic heterocycles. The zero-order valence-electron chi connectivity index (χ0n) is 21.1. The van der Waals surface area contributed by atoms with Gasteiger partial charge in [-0.3, -0.25) is 9.89 Å². The third-order valence-corrected chi connectivity index (χ3v) is 6.67. The molecular weight excluding hydrogens is 475 g/mol. The Bertz CT molecular complexity index is 1420. The summed E-state index contributed by atoms with van der Waals surface area (Å²) >= 11 is 0. The number of anilines is 1. The van der Waals surface area contributed by atoms with Crippen LogP contribution in [0.2, 0.25) is 0 Å². The van der Waals surface area contributed by atoms with Gasteiger partial charge in [-0.1, -0.05) is 32.9 Å². The third kappa shape index (κ3) is 5.34. The molecule has 3 heterocycles. The highest BCUT2D eigenvalue weighted by Gasteiger charge is 2.24. The first kappa shape index (κ1) is 24.9. The van der Waals surface area contributed by atoms with Crippen LogP contribution in [-0.2, 0) is 12.0 Å². The minimum atomic E-state index is -0.452. The van der Waals surface area contributed by atoms with Gasteiger partial charge >= 0.3 is 0 Å². The fourth-order valence-corrected chi connectivity index (χ4v) is 4.56. The van der Waals surface area contributed by atoms with E-state index in [1.54, 1.807) is 12.3 Å². The van der Waals surface area contributed by atoms with Crippen molar-refractivity contribution in [3.05, 3.63) is 59.7 Å². The molecule has 0 spiro atoms. The van der Waals surface area contributed by atoms with Crippen LogP contribution in [0.4, 0.5) is 10.2 Å². The molecule has 1 saturated carbocycles. The summed E-state index contributed by atoms with van der Waals surface area (Å²) in [4.78, 5) is 21.0. The van der Waals surface area contributed by atoms with E-state index in [-0.39, 0.29) is 29.9 Å². The van der Waals surface area contributed by atoms with E-state index in [1.165, 1.54) is 12.3 Å². The Morgan fingerprint density at radius 1 is 1.19 bits per heavy atom. The second-order valence-corrected chi connectivity index (χ2v) is 10.6. The number of nitrogens with one attached hydrogen (secondary N) is 3. The summed E-state index contributed by atoms with van der Waals surface area (Å²) in [6.45, 7) is 5.84. The molecule has 0 radical (unpaired) electrons. The zero-order valence-corrected chi connectivity index (χ0v) is 21.1. The average molecular weight is 507 g/mol. The minimum Gasteiger partial charge on any atom is -0.435 e. The summed E-state index contributed by atoms with van der Waals surface area (Å²) < 4.78 is 20.7. The van der Waals surface area contributed by atoms with Gasteiger partial charge in [0.25, 0.3) is 5.91 Å². The van der Waals surface area contributed by atoms with E-state index < -0.39 is 11.7 Å². The Hall–Kier alpha value is -3.79. The van der Waals surface area contributed by atoms with Gasteiger partial charge in [0.1, 0.15) is 5.82 Å². The number of oxazole rings is 1. The summed E-state index contributed by atoms with van der Waals surface area (Å²) in [5.41, 5.74) is 2.11. The molecule has 1 fully saturated rings. The number of nitrogens with zero attached hydrogens (tertiary/aromatic N) is 3. The molecule has 194 valence electrons. The van der Waals surface area contributed by atoms with Crippen LogP contribution >= 0.6 is 0 Å². The largest absolute Gasteiger partial charge is 0.435 e. The Labute approximate surface area is 213 Å². The monoisotopic (exact) mass is 506 g/mol. The van der Waals surface area contributed by atoms with Crippen molar-refractivity contribution in [1.29, 1.82) is 0 Å².